The van der Waals surface area contributed by atoms with Crippen LogP contribution < -0.4 is 0 Å². The van der Waals surface area contributed by atoms with E-state index in [1.54, 1.807) is 0 Å². The smallest absolute Gasteiger partial charge is 0.346 e. The zero-order valence-electron chi connectivity index (χ0n) is 7.58. The number of rotatable bonds is 3. The van der Waals surface area contributed by atoms with Crippen LogP contribution in [-0.4, -0.2) is 32.2 Å². The molecular formula is C8H5NO7. The van der Waals surface area contributed by atoms with E-state index in [2.05, 4.69) is 0 Å². The van der Waals surface area contributed by atoms with Crippen LogP contribution in [0.4, 0.5) is 5.69 Å². The molecule has 0 aliphatic carbocycles. The van der Waals surface area contributed by atoms with Gasteiger partial charge >= 0.3 is 11.9 Å². The lowest BCUT2D eigenvalue weighted by Crippen LogP contribution is -2.06. The SMILES string of the molecule is O=C(O)c1cc(O)c(C(=O)O)c([N+](=O)[O-])c1. The van der Waals surface area contributed by atoms with E-state index in [0.717, 1.165) is 0 Å². The van der Waals surface area contributed by atoms with Crippen molar-refractivity contribution < 1.29 is 29.8 Å². The quantitative estimate of drug-likeness (QED) is 0.510. The number of hydrogen-bond acceptors (Lipinski definition) is 5. The van der Waals surface area contributed by atoms with Crippen molar-refractivity contribution in [3.63, 3.8) is 0 Å². The summed E-state index contributed by atoms with van der Waals surface area (Å²) in [7, 11) is 0. The van der Waals surface area contributed by atoms with Gasteiger partial charge in [0, 0.05) is 6.07 Å². The van der Waals surface area contributed by atoms with E-state index in [1.807, 2.05) is 0 Å². The first-order chi connectivity index (χ1) is 7.34. The number of hydrogen-bond donors (Lipinski definition) is 3. The van der Waals surface area contributed by atoms with Crippen molar-refractivity contribution in [3.8, 4) is 5.75 Å². The molecule has 0 bridgehead atoms. The third-order valence-electron chi connectivity index (χ3n) is 1.75. The molecular weight excluding hydrogens is 222 g/mol. The third-order valence-corrected chi connectivity index (χ3v) is 1.75. The summed E-state index contributed by atoms with van der Waals surface area (Å²) >= 11 is 0. The Morgan fingerprint density at radius 1 is 1.19 bits per heavy atom. The summed E-state index contributed by atoms with van der Waals surface area (Å²) in [6.07, 6.45) is 0. The molecule has 0 aliphatic heterocycles. The Morgan fingerprint density at radius 2 is 1.75 bits per heavy atom. The molecule has 8 nitrogen and oxygen atoms in total. The maximum Gasteiger partial charge on any atom is 0.346 e. The normalized spacial score (nSPS) is 9.75. The molecule has 0 unspecified atom stereocenters. The van der Waals surface area contributed by atoms with E-state index in [0.29, 0.717) is 12.1 Å². The van der Waals surface area contributed by atoms with Gasteiger partial charge in [0.1, 0.15) is 5.75 Å². The molecule has 0 saturated heterocycles. The Labute approximate surface area is 87.5 Å². The second-order valence-electron chi connectivity index (χ2n) is 2.76. The second kappa shape index (κ2) is 3.85. The van der Waals surface area contributed by atoms with Gasteiger partial charge in [-0.05, 0) is 6.07 Å². The number of carbonyl (C=O) groups is 2. The molecule has 0 radical (unpaired) electrons. The molecule has 1 aromatic rings. The number of carboxylic acids is 2. The fraction of sp³-hybridized carbons (Fsp3) is 0. The largest absolute Gasteiger partial charge is 0.507 e. The molecule has 0 saturated carbocycles. The molecule has 8 heteroatoms. The maximum atomic E-state index is 10.6. The lowest BCUT2D eigenvalue weighted by atomic mass is 10.1. The lowest BCUT2D eigenvalue weighted by Gasteiger charge is -2.02. The van der Waals surface area contributed by atoms with E-state index in [1.165, 1.54) is 0 Å². The van der Waals surface area contributed by atoms with E-state index in [9.17, 15) is 24.8 Å². The Bertz CT molecular complexity index is 493. The minimum atomic E-state index is -1.71. The predicted octanol–water partition coefficient (Wildman–Crippen LogP) is 0.697. The highest BCUT2D eigenvalue weighted by molar-refractivity contribution is 5.98. The fourth-order valence-corrected chi connectivity index (χ4v) is 1.10. The van der Waals surface area contributed by atoms with Crippen LogP contribution in [0.3, 0.4) is 0 Å². The summed E-state index contributed by atoms with van der Waals surface area (Å²) in [5.74, 6) is -4.17. The van der Waals surface area contributed by atoms with Gasteiger partial charge < -0.3 is 15.3 Å². The van der Waals surface area contributed by atoms with Crippen molar-refractivity contribution in [2.75, 3.05) is 0 Å². The molecule has 1 aromatic carbocycles. The Hall–Kier alpha value is -2.64. The van der Waals surface area contributed by atoms with Gasteiger partial charge in [0.15, 0.2) is 5.56 Å². The number of benzene rings is 1. The number of carboxylic acid groups (broad SMARTS) is 2. The maximum absolute atomic E-state index is 10.6. The van der Waals surface area contributed by atoms with Crippen LogP contribution in [0.25, 0.3) is 0 Å². The number of phenols is 1. The second-order valence-corrected chi connectivity index (χ2v) is 2.76. The molecule has 0 aliphatic rings. The molecule has 0 fully saturated rings. The van der Waals surface area contributed by atoms with Gasteiger partial charge in [-0.15, -0.1) is 0 Å². The van der Waals surface area contributed by atoms with Crippen molar-refractivity contribution in [3.05, 3.63) is 33.4 Å². The van der Waals surface area contributed by atoms with Gasteiger partial charge in [0.05, 0.1) is 10.5 Å². The highest BCUT2D eigenvalue weighted by Gasteiger charge is 2.26. The summed E-state index contributed by atoms with van der Waals surface area (Å²) in [6.45, 7) is 0. The highest BCUT2D eigenvalue weighted by Crippen LogP contribution is 2.29. The van der Waals surface area contributed by atoms with Crippen molar-refractivity contribution in [2.45, 2.75) is 0 Å². The van der Waals surface area contributed by atoms with Crippen LogP contribution in [0.1, 0.15) is 20.7 Å². The van der Waals surface area contributed by atoms with Crippen LogP contribution in [0.5, 0.6) is 5.75 Å². The first-order valence-electron chi connectivity index (χ1n) is 3.82. The van der Waals surface area contributed by atoms with Crippen LogP contribution in [0.15, 0.2) is 12.1 Å². The molecule has 0 spiro atoms. The van der Waals surface area contributed by atoms with Gasteiger partial charge in [-0.3, -0.25) is 10.1 Å². The topological polar surface area (TPSA) is 138 Å². The molecule has 84 valence electrons. The van der Waals surface area contributed by atoms with Gasteiger partial charge in [0.25, 0.3) is 5.69 Å². The van der Waals surface area contributed by atoms with E-state index in [4.69, 9.17) is 10.2 Å². The summed E-state index contributed by atoms with van der Waals surface area (Å²) in [6, 6.07) is 1.21. The summed E-state index contributed by atoms with van der Waals surface area (Å²) in [4.78, 5) is 30.6. The minimum absolute atomic E-state index is 0.561. The predicted molar refractivity (Wildman–Crippen MR) is 48.7 cm³/mol. The Morgan fingerprint density at radius 3 is 2.12 bits per heavy atom. The molecule has 16 heavy (non-hydrogen) atoms. The van der Waals surface area contributed by atoms with Crippen molar-refractivity contribution in [1.82, 2.24) is 0 Å². The third kappa shape index (κ3) is 1.90. The number of aromatic hydroxyl groups is 1. The van der Waals surface area contributed by atoms with Gasteiger partial charge in [-0.1, -0.05) is 0 Å². The van der Waals surface area contributed by atoms with E-state index >= 15 is 0 Å². The first kappa shape index (κ1) is 11.4. The standard InChI is InChI=1S/C8H5NO7/c10-5-2-3(7(11)12)1-4(9(15)16)6(5)8(13)14/h1-2,10H,(H,11,12)(H,13,14). The molecule has 0 atom stereocenters. The summed E-state index contributed by atoms with van der Waals surface area (Å²) in [5.41, 5.74) is -2.46. The fourth-order valence-electron chi connectivity index (χ4n) is 1.10. The number of nitro groups is 1. The van der Waals surface area contributed by atoms with Gasteiger partial charge in [-0.25, -0.2) is 9.59 Å². The average molecular weight is 227 g/mol. The van der Waals surface area contributed by atoms with Crippen molar-refractivity contribution in [2.24, 2.45) is 0 Å². The van der Waals surface area contributed by atoms with E-state index in [-0.39, 0.29) is 0 Å². The van der Waals surface area contributed by atoms with Gasteiger partial charge in [0.2, 0.25) is 0 Å². The Balaban J connectivity index is 3.58. The number of aromatic carboxylic acids is 2. The molecule has 1 rings (SSSR count). The zero-order valence-corrected chi connectivity index (χ0v) is 7.58. The lowest BCUT2D eigenvalue weighted by molar-refractivity contribution is -0.385. The monoisotopic (exact) mass is 227 g/mol. The Kier molecular flexibility index (Phi) is 2.75. The van der Waals surface area contributed by atoms with Crippen LogP contribution in [0, 0.1) is 10.1 Å². The zero-order chi connectivity index (χ0) is 12.5. The molecule has 0 aromatic heterocycles. The van der Waals surface area contributed by atoms with Crippen LogP contribution in [0.2, 0.25) is 0 Å². The molecule has 0 heterocycles. The molecule has 3 N–H and O–H groups in total. The summed E-state index contributed by atoms with van der Waals surface area (Å²) in [5, 5.41) is 36.9. The first-order valence-corrected chi connectivity index (χ1v) is 3.82. The molecule has 0 amide bonds. The van der Waals surface area contributed by atoms with Crippen molar-refractivity contribution in [1.29, 1.82) is 0 Å². The highest BCUT2D eigenvalue weighted by atomic mass is 16.6. The number of nitro benzene ring substituents is 1. The minimum Gasteiger partial charge on any atom is -0.507 e. The summed E-state index contributed by atoms with van der Waals surface area (Å²) < 4.78 is 0. The van der Waals surface area contributed by atoms with Gasteiger partial charge in [-0.2, -0.15) is 0 Å². The number of nitrogens with zero attached hydrogens (tertiary/aromatic N) is 1. The van der Waals surface area contributed by atoms with Crippen molar-refractivity contribution >= 4 is 17.6 Å². The van der Waals surface area contributed by atoms with E-state index < -0.39 is 39.4 Å². The average Bonchev–Trinajstić information content (AvgIpc) is 2.15. The van der Waals surface area contributed by atoms with Crippen LogP contribution >= 0.6 is 0 Å². The van der Waals surface area contributed by atoms with Crippen LogP contribution in [-0.2, 0) is 0 Å².